The van der Waals surface area contributed by atoms with Crippen molar-refractivity contribution < 1.29 is 4.79 Å². The molecule has 12 heavy (non-hydrogen) atoms. The van der Waals surface area contributed by atoms with Crippen LogP contribution in [0.5, 0.6) is 0 Å². The molecule has 0 radical (unpaired) electrons. The summed E-state index contributed by atoms with van der Waals surface area (Å²) in [4.78, 5) is 12.3. The van der Waals surface area contributed by atoms with Crippen LogP contribution in [0.3, 0.4) is 0 Å². The molecular formula is C8H17N3O. The zero-order valence-corrected chi connectivity index (χ0v) is 7.71. The largest absolute Gasteiger partial charge is 0.351 e. The van der Waals surface area contributed by atoms with Gasteiger partial charge in [0.05, 0.1) is 0 Å². The van der Waals surface area contributed by atoms with Crippen LogP contribution in [0.15, 0.2) is 0 Å². The summed E-state index contributed by atoms with van der Waals surface area (Å²) in [5.41, 5.74) is 5.12. The molecule has 1 rings (SSSR count). The van der Waals surface area contributed by atoms with Crippen LogP contribution < -0.4 is 11.1 Å². The molecule has 0 aliphatic carbocycles. The first-order valence-electron chi connectivity index (χ1n) is 4.32. The highest BCUT2D eigenvalue weighted by Crippen LogP contribution is 2.16. The van der Waals surface area contributed by atoms with E-state index in [1.807, 2.05) is 0 Å². The second-order valence-electron chi connectivity index (χ2n) is 3.61. The number of amides is 2. The lowest BCUT2D eigenvalue weighted by Crippen LogP contribution is -2.48. The average Bonchev–Trinajstić information content (AvgIpc) is 1.82. The molecule has 0 aromatic carbocycles. The van der Waals surface area contributed by atoms with Gasteiger partial charge in [-0.2, -0.15) is 0 Å². The molecule has 2 amide bonds. The number of primary amides is 1. The minimum atomic E-state index is -0.339. The van der Waals surface area contributed by atoms with E-state index >= 15 is 0 Å². The van der Waals surface area contributed by atoms with Gasteiger partial charge in [-0.25, -0.2) is 4.79 Å². The Morgan fingerprint density at radius 3 is 2.67 bits per heavy atom. The normalized spacial score (nSPS) is 19.8. The summed E-state index contributed by atoms with van der Waals surface area (Å²) in [6.07, 6.45) is 0. The number of nitrogens with two attached hydrogens (primary N) is 1. The van der Waals surface area contributed by atoms with Gasteiger partial charge in [-0.1, -0.05) is 6.92 Å². The number of urea groups is 1. The van der Waals surface area contributed by atoms with Gasteiger partial charge in [-0.15, -0.1) is 0 Å². The van der Waals surface area contributed by atoms with Crippen LogP contribution in [0, 0.1) is 11.8 Å². The van der Waals surface area contributed by atoms with Gasteiger partial charge in [0.15, 0.2) is 0 Å². The Kier molecular flexibility index (Phi) is 2.92. The predicted molar refractivity (Wildman–Crippen MR) is 47.7 cm³/mol. The Labute approximate surface area is 73.1 Å². The highest BCUT2D eigenvalue weighted by molar-refractivity contribution is 5.71. The van der Waals surface area contributed by atoms with Crippen LogP contribution in [0.2, 0.25) is 0 Å². The number of hydrogen-bond acceptors (Lipinski definition) is 2. The zero-order chi connectivity index (χ0) is 9.14. The minimum absolute atomic E-state index is 0.339. The molecule has 70 valence electrons. The molecule has 0 saturated carbocycles. The fraction of sp³-hybridized carbons (Fsp3) is 0.875. The molecule has 0 aromatic rings. The molecule has 0 spiro atoms. The van der Waals surface area contributed by atoms with Crippen LogP contribution in [0.4, 0.5) is 4.79 Å². The molecule has 1 fully saturated rings. The van der Waals surface area contributed by atoms with Gasteiger partial charge < -0.3 is 16.0 Å². The molecule has 3 N–H and O–H groups in total. The van der Waals surface area contributed by atoms with Gasteiger partial charge in [-0.3, -0.25) is 0 Å². The summed E-state index contributed by atoms with van der Waals surface area (Å²) < 4.78 is 0. The summed E-state index contributed by atoms with van der Waals surface area (Å²) in [6, 6.07) is -0.339. The number of nitrogens with one attached hydrogen (secondary N) is 1. The molecular weight excluding hydrogens is 154 g/mol. The zero-order valence-electron chi connectivity index (χ0n) is 7.71. The lowest BCUT2D eigenvalue weighted by molar-refractivity contribution is 0.181. The summed E-state index contributed by atoms with van der Waals surface area (Å²) in [6.45, 7) is 5.08. The number of carbonyl (C=O) groups excluding carboxylic acids is 1. The smallest absolute Gasteiger partial charge is 0.314 e. The van der Waals surface area contributed by atoms with Crippen molar-refractivity contribution in [3.8, 4) is 0 Å². The number of carbonyl (C=O) groups is 1. The highest BCUT2D eigenvalue weighted by Gasteiger charge is 2.24. The van der Waals surface area contributed by atoms with Crippen LogP contribution in [0.1, 0.15) is 6.92 Å². The third-order valence-corrected chi connectivity index (χ3v) is 2.56. The standard InChI is InChI=1S/C8H17N3O/c1-6(7-3-10-4-7)5-11(2)8(9)12/h6-7,10H,3-5H2,1-2H3,(H2,9,12). The van der Waals surface area contributed by atoms with Crippen LogP contribution in [-0.2, 0) is 0 Å². The first-order chi connectivity index (χ1) is 5.61. The summed E-state index contributed by atoms with van der Waals surface area (Å²) >= 11 is 0. The fourth-order valence-electron chi connectivity index (χ4n) is 1.38. The summed E-state index contributed by atoms with van der Waals surface area (Å²) in [5, 5.41) is 3.21. The van der Waals surface area contributed by atoms with Gasteiger partial charge in [0.1, 0.15) is 0 Å². The van der Waals surface area contributed by atoms with Gasteiger partial charge in [0, 0.05) is 13.6 Å². The minimum Gasteiger partial charge on any atom is -0.351 e. The van der Waals surface area contributed by atoms with Gasteiger partial charge in [-0.05, 0) is 24.9 Å². The van der Waals surface area contributed by atoms with E-state index in [2.05, 4.69) is 12.2 Å². The van der Waals surface area contributed by atoms with Gasteiger partial charge in [0.2, 0.25) is 0 Å². The number of rotatable bonds is 3. The van der Waals surface area contributed by atoms with Crippen molar-refractivity contribution >= 4 is 6.03 Å². The van der Waals surface area contributed by atoms with Crippen molar-refractivity contribution in [3.63, 3.8) is 0 Å². The van der Waals surface area contributed by atoms with E-state index in [1.165, 1.54) is 0 Å². The van der Waals surface area contributed by atoms with Crippen LogP contribution in [-0.4, -0.2) is 37.6 Å². The maximum Gasteiger partial charge on any atom is 0.314 e. The lowest BCUT2D eigenvalue weighted by Gasteiger charge is -2.34. The quantitative estimate of drug-likeness (QED) is 0.620. The van der Waals surface area contributed by atoms with Crippen LogP contribution >= 0.6 is 0 Å². The van der Waals surface area contributed by atoms with Crippen molar-refractivity contribution in [3.05, 3.63) is 0 Å². The fourth-order valence-corrected chi connectivity index (χ4v) is 1.38. The topological polar surface area (TPSA) is 58.4 Å². The number of hydrogen-bond donors (Lipinski definition) is 2. The van der Waals surface area contributed by atoms with Gasteiger partial charge >= 0.3 is 6.03 Å². The van der Waals surface area contributed by atoms with E-state index < -0.39 is 0 Å². The van der Waals surface area contributed by atoms with Crippen LogP contribution in [0.25, 0.3) is 0 Å². The Balaban J connectivity index is 2.24. The Hall–Kier alpha value is -0.770. The first kappa shape index (κ1) is 9.32. The molecule has 1 unspecified atom stereocenters. The SMILES string of the molecule is CC(CN(C)C(N)=O)C1CNC1. The first-order valence-corrected chi connectivity index (χ1v) is 4.32. The van der Waals surface area contributed by atoms with Crippen molar-refractivity contribution in [2.45, 2.75) is 6.92 Å². The van der Waals surface area contributed by atoms with Gasteiger partial charge in [0.25, 0.3) is 0 Å². The van der Waals surface area contributed by atoms with E-state index in [0.717, 1.165) is 19.6 Å². The van der Waals surface area contributed by atoms with E-state index in [-0.39, 0.29) is 6.03 Å². The molecule has 1 aliphatic heterocycles. The molecule has 0 bridgehead atoms. The van der Waals surface area contributed by atoms with E-state index in [4.69, 9.17) is 5.73 Å². The average molecular weight is 171 g/mol. The third kappa shape index (κ3) is 2.11. The molecule has 1 saturated heterocycles. The lowest BCUT2D eigenvalue weighted by atomic mass is 9.89. The second-order valence-corrected chi connectivity index (χ2v) is 3.61. The molecule has 1 aliphatic rings. The van der Waals surface area contributed by atoms with E-state index in [1.54, 1.807) is 11.9 Å². The molecule has 1 heterocycles. The maximum absolute atomic E-state index is 10.7. The van der Waals surface area contributed by atoms with Crippen molar-refractivity contribution in [2.75, 3.05) is 26.7 Å². The molecule has 4 nitrogen and oxygen atoms in total. The van der Waals surface area contributed by atoms with E-state index in [0.29, 0.717) is 11.8 Å². The highest BCUT2D eigenvalue weighted by atomic mass is 16.2. The van der Waals surface area contributed by atoms with E-state index in [9.17, 15) is 4.79 Å². The second kappa shape index (κ2) is 3.76. The van der Waals surface area contributed by atoms with Crippen molar-refractivity contribution in [2.24, 2.45) is 17.6 Å². The third-order valence-electron chi connectivity index (χ3n) is 2.56. The maximum atomic E-state index is 10.7. The Morgan fingerprint density at radius 1 is 1.75 bits per heavy atom. The monoisotopic (exact) mass is 171 g/mol. The summed E-state index contributed by atoms with van der Waals surface area (Å²) in [7, 11) is 1.74. The number of nitrogens with zero attached hydrogens (tertiary/aromatic N) is 1. The molecule has 0 aromatic heterocycles. The predicted octanol–water partition coefficient (Wildman–Crippen LogP) is -0.148. The summed E-state index contributed by atoms with van der Waals surface area (Å²) in [5.74, 6) is 1.26. The Morgan fingerprint density at radius 2 is 2.33 bits per heavy atom. The Bertz CT molecular complexity index is 168. The molecule has 1 atom stereocenters. The van der Waals surface area contributed by atoms with Crippen molar-refractivity contribution in [1.29, 1.82) is 0 Å². The van der Waals surface area contributed by atoms with Crippen molar-refractivity contribution in [1.82, 2.24) is 10.2 Å². The molecule has 4 heteroatoms.